The Morgan fingerprint density at radius 3 is 2.22 bits per heavy atom. The molecule has 0 aliphatic heterocycles. The summed E-state index contributed by atoms with van der Waals surface area (Å²) < 4.78 is 0. The molecule has 0 bridgehead atoms. The molecule has 0 spiro atoms. The highest BCUT2D eigenvalue weighted by molar-refractivity contribution is 5.99. The Bertz CT molecular complexity index is 138. The molecule has 0 atom stereocenters. The maximum absolute atomic E-state index is 10.7. The van der Waals surface area contributed by atoms with E-state index in [1.54, 1.807) is 12.2 Å². The molecule has 1 aliphatic carbocycles. The summed E-state index contributed by atoms with van der Waals surface area (Å²) in [4.78, 5) is 10.7. The molecule has 0 aromatic heterocycles. The van der Waals surface area contributed by atoms with Gasteiger partial charge in [0.05, 0.1) is 0 Å². The van der Waals surface area contributed by atoms with Gasteiger partial charge in [-0.05, 0) is 31.4 Å². The summed E-state index contributed by atoms with van der Waals surface area (Å²) in [5.41, 5.74) is 0. The van der Waals surface area contributed by atoms with Gasteiger partial charge in [0.1, 0.15) is 0 Å². The Labute approximate surface area is 55.1 Å². The molecule has 1 nitrogen and oxygen atoms in total. The molecular formula is C8H10O. The van der Waals surface area contributed by atoms with E-state index in [1.165, 1.54) is 6.42 Å². The predicted molar refractivity (Wildman–Crippen MR) is 37.1 cm³/mol. The van der Waals surface area contributed by atoms with E-state index >= 15 is 0 Å². The van der Waals surface area contributed by atoms with Crippen molar-refractivity contribution in [3.8, 4) is 0 Å². The minimum Gasteiger partial charge on any atom is -0.290 e. The monoisotopic (exact) mass is 122 g/mol. The largest absolute Gasteiger partial charge is 0.290 e. The smallest absolute Gasteiger partial charge is 0.177 e. The Hall–Kier alpha value is -0.850. The van der Waals surface area contributed by atoms with Crippen LogP contribution in [-0.2, 0) is 4.79 Å². The van der Waals surface area contributed by atoms with Crippen molar-refractivity contribution in [1.29, 1.82) is 0 Å². The Morgan fingerprint density at radius 1 is 1.11 bits per heavy atom. The normalized spacial score (nSPS) is 26.4. The number of hydrogen-bond donors (Lipinski definition) is 0. The number of hydrogen-bond acceptors (Lipinski definition) is 1. The highest BCUT2D eigenvalue weighted by Crippen LogP contribution is 2.01. The Balaban J connectivity index is 2.55. The topological polar surface area (TPSA) is 17.1 Å². The fourth-order valence-corrected chi connectivity index (χ4v) is 0.808. The first-order valence-electron chi connectivity index (χ1n) is 3.26. The van der Waals surface area contributed by atoms with Crippen LogP contribution in [0.2, 0.25) is 0 Å². The van der Waals surface area contributed by atoms with Gasteiger partial charge < -0.3 is 0 Å². The minimum atomic E-state index is 0.120. The number of ketones is 1. The van der Waals surface area contributed by atoms with Crippen molar-refractivity contribution in [2.75, 3.05) is 0 Å². The van der Waals surface area contributed by atoms with Gasteiger partial charge in [-0.15, -0.1) is 0 Å². The second-order valence-corrected chi connectivity index (χ2v) is 2.14. The fourth-order valence-electron chi connectivity index (χ4n) is 0.808. The highest BCUT2D eigenvalue weighted by atomic mass is 16.1. The van der Waals surface area contributed by atoms with E-state index in [9.17, 15) is 4.79 Å². The van der Waals surface area contributed by atoms with Crippen molar-refractivity contribution < 1.29 is 4.79 Å². The lowest BCUT2D eigenvalue weighted by Crippen LogP contribution is -1.87. The average Bonchev–Trinajstić information content (AvgIpc) is 1.79. The molecule has 1 heteroatoms. The highest BCUT2D eigenvalue weighted by Gasteiger charge is 1.90. The summed E-state index contributed by atoms with van der Waals surface area (Å²) in [5.74, 6) is 0.120. The first-order valence-corrected chi connectivity index (χ1v) is 3.26. The molecular weight excluding hydrogens is 112 g/mol. The summed E-state index contributed by atoms with van der Waals surface area (Å²) >= 11 is 0. The second-order valence-electron chi connectivity index (χ2n) is 2.14. The molecule has 0 aromatic carbocycles. The molecule has 0 saturated carbocycles. The van der Waals surface area contributed by atoms with Crippen LogP contribution in [0.5, 0.6) is 0 Å². The lowest BCUT2D eigenvalue weighted by atomic mass is 10.1. The van der Waals surface area contributed by atoms with Crippen molar-refractivity contribution >= 4 is 5.78 Å². The summed E-state index contributed by atoms with van der Waals surface area (Å²) in [7, 11) is 0. The van der Waals surface area contributed by atoms with Gasteiger partial charge >= 0.3 is 0 Å². The van der Waals surface area contributed by atoms with E-state index in [0.29, 0.717) is 0 Å². The zero-order valence-corrected chi connectivity index (χ0v) is 5.34. The van der Waals surface area contributed by atoms with Gasteiger partial charge in [-0.2, -0.15) is 0 Å². The zero-order valence-electron chi connectivity index (χ0n) is 5.34. The summed E-state index contributed by atoms with van der Waals surface area (Å²) in [6.07, 6.45) is 10.4. The summed E-state index contributed by atoms with van der Waals surface area (Å²) in [5, 5.41) is 0. The molecule has 1 rings (SSSR count). The minimum absolute atomic E-state index is 0.120. The van der Waals surface area contributed by atoms with Crippen LogP contribution in [0.1, 0.15) is 19.3 Å². The van der Waals surface area contributed by atoms with Gasteiger partial charge in [0.25, 0.3) is 0 Å². The molecule has 0 fully saturated rings. The molecule has 0 saturated heterocycles. The first kappa shape index (κ1) is 6.27. The SMILES string of the molecule is O=C1/C=C\CCC/C=C/1. The molecule has 1 aliphatic rings. The molecule has 0 radical (unpaired) electrons. The lowest BCUT2D eigenvalue weighted by molar-refractivity contribution is -0.110. The third kappa shape index (κ3) is 2.27. The third-order valence-electron chi connectivity index (χ3n) is 1.31. The average molecular weight is 122 g/mol. The maximum Gasteiger partial charge on any atom is 0.177 e. The summed E-state index contributed by atoms with van der Waals surface area (Å²) in [6.45, 7) is 0. The molecule has 48 valence electrons. The standard InChI is InChI=1S/C8H10O/c9-8-6-4-2-1-3-5-7-8/h4-7H,1-3H2/b6-4-,7-5+. The van der Waals surface area contributed by atoms with Gasteiger partial charge in [-0.1, -0.05) is 12.2 Å². The molecule has 0 N–H and O–H groups in total. The quantitative estimate of drug-likeness (QED) is 0.479. The molecule has 0 aromatic rings. The second kappa shape index (κ2) is 3.23. The van der Waals surface area contributed by atoms with E-state index in [2.05, 4.69) is 0 Å². The van der Waals surface area contributed by atoms with Gasteiger partial charge in [0.15, 0.2) is 5.78 Å². The van der Waals surface area contributed by atoms with E-state index in [1.807, 2.05) is 12.2 Å². The zero-order chi connectivity index (χ0) is 6.53. The lowest BCUT2D eigenvalue weighted by Gasteiger charge is -1.92. The number of carbonyl (C=O) groups is 1. The number of allylic oxidation sites excluding steroid dienone is 4. The molecule has 0 heterocycles. The van der Waals surface area contributed by atoms with Crippen molar-refractivity contribution in [2.45, 2.75) is 19.3 Å². The van der Waals surface area contributed by atoms with Crippen LogP contribution >= 0.6 is 0 Å². The van der Waals surface area contributed by atoms with Crippen LogP contribution in [0.15, 0.2) is 24.3 Å². The van der Waals surface area contributed by atoms with Gasteiger partial charge in [0, 0.05) is 0 Å². The van der Waals surface area contributed by atoms with E-state index in [-0.39, 0.29) is 5.78 Å². The molecule has 0 amide bonds. The third-order valence-corrected chi connectivity index (χ3v) is 1.31. The Kier molecular flexibility index (Phi) is 2.25. The molecule has 9 heavy (non-hydrogen) atoms. The molecule has 0 unspecified atom stereocenters. The van der Waals surface area contributed by atoms with Gasteiger partial charge in [0.2, 0.25) is 0 Å². The van der Waals surface area contributed by atoms with E-state index in [0.717, 1.165) is 12.8 Å². The van der Waals surface area contributed by atoms with Crippen LogP contribution in [0.4, 0.5) is 0 Å². The number of carbonyl (C=O) groups excluding carboxylic acids is 1. The van der Waals surface area contributed by atoms with Crippen molar-refractivity contribution in [1.82, 2.24) is 0 Å². The summed E-state index contributed by atoms with van der Waals surface area (Å²) in [6, 6.07) is 0. The fraction of sp³-hybridized carbons (Fsp3) is 0.375. The Morgan fingerprint density at radius 2 is 1.67 bits per heavy atom. The van der Waals surface area contributed by atoms with Crippen LogP contribution in [0.25, 0.3) is 0 Å². The van der Waals surface area contributed by atoms with Gasteiger partial charge in [-0.25, -0.2) is 0 Å². The van der Waals surface area contributed by atoms with Crippen LogP contribution < -0.4 is 0 Å². The van der Waals surface area contributed by atoms with E-state index < -0.39 is 0 Å². The van der Waals surface area contributed by atoms with Crippen molar-refractivity contribution in [3.63, 3.8) is 0 Å². The first-order chi connectivity index (χ1) is 4.39. The van der Waals surface area contributed by atoms with Crippen LogP contribution in [-0.4, -0.2) is 5.78 Å². The van der Waals surface area contributed by atoms with Gasteiger partial charge in [-0.3, -0.25) is 4.79 Å². The maximum atomic E-state index is 10.7. The van der Waals surface area contributed by atoms with Crippen LogP contribution in [0, 0.1) is 0 Å². The van der Waals surface area contributed by atoms with Crippen molar-refractivity contribution in [3.05, 3.63) is 24.3 Å². The van der Waals surface area contributed by atoms with Crippen molar-refractivity contribution in [2.24, 2.45) is 0 Å². The number of rotatable bonds is 0. The van der Waals surface area contributed by atoms with E-state index in [4.69, 9.17) is 0 Å². The van der Waals surface area contributed by atoms with Crippen LogP contribution in [0.3, 0.4) is 0 Å². The predicted octanol–water partition coefficient (Wildman–Crippen LogP) is 1.85.